The Morgan fingerprint density at radius 1 is 1.21 bits per heavy atom. The summed E-state index contributed by atoms with van der Waals surface area (Å²) in [5.41, 5.74) is -0.673. The lowest BCUT2D eigenvalue weighted by atomic mass is 9.63. The smallest absolute Gasteiger partial charge is 0.309 e. The Hall–Kier alpha value is -0.610. The van der Waals surface area contributed by atoms with E-state index in [-0.39, 0.29) is 11.7 Å². The predicted octanol–water partition coefficient (Wildman–Crippen LogP) is 2.91. The molecule has 19 heavy (non-hydrogen) atoms. The van der Waals surface area contributed by atoms with E-state index in [2.05, 4.69) is 0 Å². The molecular formula is C15H22O4. The van der Waals surface area contributed by atoms with Gasteiger partial charge in [-0.25, -0.2) is 0 Å². The molecule has 2 unspecified atom stereocenters. The summed E-state index contributed by atoms with van der Waals surface area (Å²) in [7, 11) is 0. The van der Waals surface area contributed by atoms with Crippen LogP contribution in [0.15, 0.2) is 0 Å². The molecular weight excluding hydrogens is 244 g/mol. The van der Waals surface area contributed by atoms with Crippen molar-refractivity contribution >= 4 is 5.97 Å². The molecule has 2 heterocycles. The fourth-order valence-corrected chi connectivity index (χ4v) is 4.53. The second-order valence-corrected chi connectivity index (χ2v) is 7.25. The van der Waals surface area contributed by atoms with Crippen molar-refractivity contribution in [3.05, 3.63) is 0 Å². The minimum atomic E-state index is -0.678. The molecule has 0 radical (unpaired) electrons. The summed E-state index contributed by atoms with van der Waals surface area (Å²) in [5, 5.41) is 9.65. The van der Waals surface area contributed by atoms with Gasteiger partial charge in [0.05, 0.1) is 5.41 Å². The van der Waals surface area contributed by atoms with Crippen LogP contribution in [0.3, 0.4) is 0 Å². The third-order valence-corrected chi connectivity index (χ3v) is 6.00. The summed E-state index contributed by atoms with van der Waals surface area (Å²) in [4.78, 5) is 11.7. The van der Waals surface area contributed by atoms with E-state index in [1.165, 1.54) is 32.1 Å². The van der Waals surface area contributed by atoms with Gasteiger partial charge in [0.25, 0.3) is 0 Å². The normalized spacial score (nSPS) is 52.2. The van der Waals surface area contributed by atoms with Crippen molar-refractivity contribution in [3.8, 4) is 0 Å². The summed E-state index contributed by atoms with van der Waals surface area (Å²) in [5.74, 6) is -0.628. The second kappa shape index (κ2) is 3.53. The molecule has 4 aliphatic rings. The van der Waals surface area contributed by atoms with Gasteiger partial charge in [-0.1, -0.05) is 32.1 Å². The Kier molecular flexibility index (Phi) is 2.26. The van der Waals surface area contributed by atoms with E-state index in [0.717, 1.165) is 12.8 Å². The lowest BCUT2D eigenvalue weighted by Crippen LogP contribution is -2.42. The lowest BCUT2D eigenvalue weighted by Gasteiger charge is -2.37. The molecule has 0 aromatic rings. The van der Waals surface area contributed by atoms with Gasteiger partial charge in [-0.2, -0.15) is 0 Å². The fraction of sp³-hybridized carbons (Fsp3) is 0.933. The van der Waals surface area contributed by atoms with Crippen LogP contribution in [0.5, 0.6) is 0 Å². The zero-order chi connectivity index (χ0) is 13.3. The number of carboxylic acid groups (broad SMARTS) is 1. The number of aliphatic carboxylic acids is 1. The number of carboxylic acids is 1. The van der Waals surface area contributed by atoms with E-state index in [9.17, 15) is 9.90 Å². The maximum atomic E-state index is 11.7. The Bertz CT molecular complexity index is 420. The average molecular weight is 266 g/mol. The summed E-state index contributed by atoms with van der Waals surface area (Å²) in [6.07, 6.45) is 8.85. The van der Waals surface area contributed by atoms with Crippen LogP contribution in [-0.2, 0) is 14.3 Å². The summed E-state index contributed by atoms with van der Waals surface area (Å²) < 4.78 is 11.2. The van der Waals surface area contributed by atoms with Gasteiger partial charge in [0, 0.05) is 12.8 Å². The van der Waals surface area contributed by atoms with Gasteiger partial charge in [-0.15, -0.1) is 0 Å². The molecule has 2 saturated carbocycles. The van der Waals surface area contributed by atoms with Gasteiger partial charge in [-0.3, -0.25) is 4.79 Å². The molecule has 106 valence electrons. The van der Waals surface area contributed by atoms with Crippen LogP contribution < -0.4 is 0 Å². The van der Waals surface area contributed by atoms with Crippen molar-refractivity contribution in [2.45, 2.75) is 69.9 Å². The van der Waals surface area contributed by atoms with Crippen LogP contribution in [-0.4, -0.2) is 22.7 Å². The number of hydrogen-bond acceptors (Lipinski definition) is 3. The third-order valence-electron chi connectivity index (χ3n) is 6.00. The monoisotopic (exact) mass is 266 g/mol. The molecule has 2 saturated heterocycles. The van der Waals surface area contributed by atoms with Crippen molar-refractivity contribution in [1.82, 2.24) is 0 Å². The topological polar surface area (TPSA) is 62.4 Å². The van der Waals surface area contributed by atoms with E-state index in [1.807, 2.05) is 6.92 Å². The number of carbonyl (C=O) groups is 1. The van der Waals surface area contributed by atoms with Crippen LogP contribution in [0.4, 0.5) is 0 Å². The molecule has 0 bridgehead atoms. The van der Waals surface area contributed by atoms with Crippen molar-refractivity contribution in [1.29, 1.82) is 0 Å². The molecule has 4 fully saturated rings. The molecule has 0 aromatic carbocycles. The van der Waals surface area contributed by atoms with Crippen LogP contribution in [0.2, 0.25) is 0 Å². The largest absolute Gasteiger partial charge is 0.481 e. The zero-order valence-electron chi connectivity index (χ0n) is 11.5. The highest BCUT2D eigenvalue weighted by Gasteiger charge is 2.94. The Balaban J connectivity index is 1.52. The van der Waals surface area contributed by atoms with E-state index in [1.54, 1.807) is 0 Å². The molecule has 0 amide bonds. The van der Waals surface area contributed by atoms with E-state index in [4.69, 9.17) is 9.47 Å². The molecule has 4 rings (SSSR count). The first-order valence-electron chi connectivity index (χ1n) is 7.63. The van der Waals surface area contributed by atoms with Gasteiger partial charge in [-0.05, 0) is 25.2 Å². The van der Waals surface area contributed by atoms with Gasteiger partial charge in [0.1, 0.15) is 0 Å². The maximum absolute atomic E-state index is 11.7. The molecule has 4 heteroatoms. The highest BCUT2D eigenvalue weighted by Crippen LogP contribution is 2.78. The van der Waals surface area contributed by atoms with Crippen molar-refractivity contribution < 1.29 is 19.4 Å². The van der Waals surface area contributed by atoms with Crippen LogP contribution in [0.1, 0.15) is 58.3 Å². The molecule has 0 aromatic heterocycles. The third kappa shape index (κ3) is 1.56. The van der Waals surface area contributed by atoms with Gasteiger partial charge < -0.3 is 14.6 Å². The highest BCUT2D eigenvalue weighted by atomic mass is 17.0. The van der Waals surface area contributed by atoms with Gasteiger partial charge in [0.2, 0.25) is 11.6 Å². The van der Waals surface area contributed by atoms with Crippen molar-refractivity contribution in [2.24, 2.45) is 17.3 Å². The van der Waals surface area contributed by atoms with Crippen molar-refractivity contribution in [2.75, 3.05) is 0 Å². The first kappa shape index (κ1) is 12.2. The molecule has 1 N–H and O–H groups in total. The number of hydrogen-bond donors (Lipinski definition) is 1. The highest BCUT2D eigenvalue weighted by molar-refractivity contribution is 5.75. The number of rotatable bonds is 3. The molecule has 4 nitrogen and oxygen atoms in total. The van der Waals surface area contributed by atoms with E-state index < -0.39 is 17.2 Å². The predicted molar refractivity (Wildman–Crippen MR) is 67.3 cm³/mol. The lowest BCUT2D eigenvalue weighted by molar-refractivity contribution is -0.155. The Morgan fingerprint density at radius 3 is 2.53 bits per heavy atom. The quantitative estimate of drug-likeness (QED) is 0.798. The molecule has 2 aliphatic heterocycles. The van der Waals surface area contributed by atoms with Crippen LogP contribution >= 0.6 is 0 Å². The maximum Gasteiger partial charge on any atom is 0.309 e. The minimum absolute atomic E-state index is 0.200. The summed E-state index contributed by atoms with van der Waals surface area (Å²) >= 11 is 0. The molecule has 2 atom stereocenters. The second-order valence-electron chi connectivity index (χ2n) is 7.25. The van der Waals surface area contributed by atoms with E-state index in [0.29, 0.717) is 12.3 Å². The Morgan fingerprint density at radius 2 is 1.89 bits per heavy atom. The Labute approximate surface area is 113 Å². The van der Waals surface area contributed by atoms with Crippen LogP contribution in [0, 0.1) is 17.3 Å². The average Bonchev–Trinajstić information content (AvgIpc) is 3.16. The zero-order valence-corrected chi connectivity index (χ0v) is 11.5. The SMILES string of the molecule is CC1(C(=O)O)CC23OC2(CC1CC1CCCCC1)O3. The van der Waals surface area contributed by atoms with E-state index >= 15 is 0 Å². The fourth-order valence-electron chi connectivity index (χ4n) is 4.53. The minimum Gasteiger partial charge on any atom is -0.481 e. The first-order chi connectivity index (χ1) is 9.00. The van der Waals surface area contributed by atoms with Gasteiger partial charge in [0.15, 0.2) is 0 Å². The first-order valence-corrected chi connectivity index (χ1v) is 7.63. The summed E-state index contributed by atoms with van der Waals surface area (Å²) in [6.45, 7) is 1.89. The molecule has 2 aliphatic carbocycles. The number of ether oxygens (including phenoxy) is 2. The molecule has 0 spiro atoms. The number of epoxide rings is 2. The summed E-state index contributed by atoms with van der Waals surface area (Å²) in [6, 6.07) is 0. The van der Waals surface area contributed by atoms with Crippen LogP contribution in [0.25, 0.3) is 0 Å². The van der Waals surface area contributed by atoms with Crippen molar-refractivity contribution in [3.63, 3.8) is 0 Å². The van der Waals surface area contributed by atoms with Gasteiger partial charge >= 0.3 is 5.97 Å². The standard InChI is InChI=1S/C15H22O4/c1-13(12(16)17)9-15-14(18-15,19-15)8-11(13)7-10-5-3-2-4-6-10/h10-11H,2-9H2,1H3,(H,16,17).